The maximum Gasteiger partial charge on any atom is 0.279 e. The minimum Gasteiger partial charge on any atom is -0.486 e. The van der Waals surface area contributed by atoms with Crippen molar-refractivity contribution in [1.29, 1.82) is 0 Å². The van der Waals surface area contributed by atoms with Crippen LogP contribution < -0.4 is 30.0 Å². The normalized spacial score (nSPS) is 18.1. The molecule has 32 heavy (non-hydrogen) atoms. The van der Waals surface area contributed by atoms with Gasteiger partial charge in [-0.05, 0) is 31.2 Å². The number of carbonyl (C=O) groups is 3. The molecule has 0 spiro atoms. The van der Waals surface area contributed by atoms with Gasteiger partial charge in [-0.2, -0.15) is 0 Å². The van der Waals surface area contributed by atoms with E-state index in [9.17, 15) is 18.8 Å². The molecule has 2 aromatic rings. The number of halogens is 1. The molecule has 2 heterocycles. The fraction of sp³-hybridized carbons (Fsp3) is 0.318. The zero-order valence-corrected chi connectivity index (χ0v) is 17.3. The van der Waals surface area contributed by atoms with Gasteiger partial charge < -0.3 is 19.1 Å². The van der Waals surface area contributed by atoms with Crippen molar-refractivity contribution in [1.82, 2.24) is 10.9 Å². The van der Waals surface area contributed by atoms with Crippen LogP contribution in [0.25, 0.3) is 0 Å². The van der Waals surface area contributed by atoms with Gasteiger partial charge in [-0.25, -0.2) is 4.39 Å². The molecule has 2 aliphatic heterocycles. The summed E-state index contributed by atoms with van der Waals surface area (Å²) in [6, 6.07) is 10.9. The second-order valence-corrected chi connectivity index (χ2v) is 7.40. The van der Waals surface area contributed by atoms with E-state index in [1.807, 2.05) is 0 Å². The Kier molecular flexibility index (Phi) is 6.11. The standard InChI is InChI=1S/C22H22FN3O6/c1-13(32-17-5-3-2-4-16(17)23)21(28)24-25-22(29)14-10-20(27)26(12-14)15-6-7-18-19(11-15)31-9-8-30-18/h2-7,11,13-14H,8-10,12H2,1H3,(H,24,28)(H,25,29)/t13-,14-/m0/s1. The maximum atomic E-state index is 13.7. The van der Waals surface area contributed by atoms with E-state index in [2.05, 4.69) is 10.9 Å². The molecule has 3 amide bonds. The Morgan fingerprint density at radius 2 is 1.88 bits per heavy atom. The van der Waals surface area contributed by atoms with Crippen LogP contribution in [0.5, 0.6) is 17.2 Å². The highest BCUT2D eigenvalue weighted by molar-refractivity contribution is 6.00. The topological polar surface area (TPSA) is 106 Å². The minimum absolute atomic E-state index is 0.00255. The Morgan fingerprint density at radius 1 is 1.12 bits per heavy atom. The minimum atomic E-state index is -1.05. The lowest BCUT2D eigenvalue weighted by molar-refractivity contribution is -0.134. The molecule has 2 aliphatic rings. The van der Waals surface area contributed by atoms with E-state index >= 15 is 0 Å². The van der Waals surface area contributed by atoms with Crippen LogP contribution in [0.4, 0.5) is 10.1 Å². The second kappa shape index (κ2) is 9.13. The molecule has 1 saturated heterocycles. The fourth-order valence-corrected chi connectivity index (χ4v) is 3.44. The second-order valence-electron chi connectivity index (χ2n) is 7.40. The van der Waals surface area contributed by atoms with Gasteiger partial charge in [-0.15, -0.1) is 0 Å². The molecule has 0 unspecified atom stereocenters. The first kappa shape index (κ1) is 21.4. The molecule has 0 aliphatic carbocycles. The van der Waals surface area contributed by atoms with E-state index in [0.717, 1.165) is 0 Å². The van der Waals surface area contributed by atoms with Gasteiger partial charge in [0.2, 0.25) is 11.8 Å². The highest BCUT2D eigenvalue weighted by Gasteiger charge is 2.36. The van der Waals surface area contributed by atoms with E-state index in [1.54, 1.807) is 24.3 Å². The number of hydrogen-bond acceptors (Lipinski definition) is 6. The Bertz CT molecular complexity index is 1050. The molecule has 2 N–H and O–H groups in total. The van der Waals surface area contributed by atoms with Gasteiger partial charge >= 0.3 is 0 Å². The summed E-state index contributed by atoms with van der Waals surface area (Å²) >= 11 is 0. The molecule has 168 valence electrons. The summed E-state index contributed by atoms with van der Waals surface area (Å²) in [6.07, 6.45) is -1.05. The molecule has 9 nitrogen and oxygen atoms in total. The summed E-state index contributed by atoms with van der Waals surface area (Å²) in [7, 11) is 0. The number of nitrogens with one attached hydrogen (secondary N) is 2. The maximum absolute atomic E-state index is 13.7. The number of benzene rings is 2. The van der Waals surface area contributed by atoms with Crippen molar-refractivity contribution in [3.8, 4) is 17.2 Å². The molecule has 2 aromatic carbocycles. The number of amides is 3. The summed E-state index contributed by atoms with van der Waals surface area (Å²) in [6.45, 7) is 2.47. The molecule has 10 heteroatoms. The number of anilines is 1. The van der Waals surface area contributed by atoms with Crippen LogP contribution in [0.2, 0.25) is 0 Å². The Labute approximate surface area is 183 Å². The number of fused-ring (bicyclic) bond motifs is 1. The lowest BCUT2D eigenvalue weighted by atomic mass is 10.1. The Morgan fingerprint density at radius 3 is 2.66 bits per heavy atom. The first-order valence-corrected chi connectivity index (χ1v) is 10.1. The van der Waals surface area contributed by atoms with Gasteiger partial charge in [0, 0.05) is 24.7 Å². The summed E-state index contributed by atoms with van der Waals surface area (Å²) in [5, 5.41) is 0. The van der Waals surface area contributed by atoms with Crippen molar-refractivity contribution in [2.45, 2.75) is 19.4 Å². The van der Waals surface area contributed by atoms with Crippen LogP contribution in [-0.2, 0) is 14.4 Å². The third-order valence-electron chi connectivity index (χ3n) is 5.15. The number of carbonyl (C=O) groups excluding carboxylic acids is 3. The SMILES string of the molecule is C[C@H](Oc1ccccc1F)C(=O)NNC(=O)[C@H]1CC(=O)N(c2ccc3c(c2)OCCO3)C1. The number of nitrogens with zero attached hydrogens (tertiary/aromatic N) is 1. The van der Waals surface area contributed by atoms with Gasteiger partial charge in [-0.1, -0.05) is 12.1 Å². The predicted octanol–water partition coefficient (Wildman–Crippen LogP) is 1.56. The van der Waals surface area contributed by atoms with Crippen molar-refractivity contribution < 1.29 is 33.0 Å². The average molecular weight is 443 g/mol. The number of ether oxygens (including phenoxy) is 3. The van der Waals surface area contributed by atoms with Crippen molar-refractivity contribution in [2.24, 2.45) is 5.92 Å². The molecule has 4 rings (SSSR count). The summed E-state index contributed by atoms with van der Waals surface area (Å²) in [5.74, 6) is -1.55. The molecule has 0 saturated carbocycles. The lowest BCUT2D eigenvalue weighted by Gasteiger charge is -2.22. The molecular weight excluding hydrogens is 421 g/mol. The van der Waals surface area contributed by atoms with Crippen LogP contribution in [-0.4, -0.2) is 43.6 Å². The number of para-hydroxylation sites is 1. The van der Waals surface area contributed by atoms with E-state index < -0.39 is 29.7 Å². The van der Waals surface area contributed by atoms with Crippen molar-refractivity contribution in [3.05, 3.63) is 48.3 Å². The summed E-state index contributed by atoms with van der Waals surface area (Å²) in [4.78, 5) is 38.6. The molecule has 0 bridgehead atoms. The number of hydrazine groups is 1. The van der Waals surface area contributed by atoms with Crippen LogP contribution in [0, 0.1) is 11.7 Å². The van der Waals surface area contributed by atoms with Crippen LogP contribution in [0.15, 0.2) is 42.5 Å². The monoisotopic (exact) mass is 443 g/mol. The van der Waals surface area contributed by atoms with Gasteiger partial charge in [0.15, 0.2) is 29.2 Å². The van der Waals surface area contributed by atoms with Gasteiger partial charge in [0.1, 0.15) is 13.2 Å². The van der Waals surface area contributed by atoms with Gasteiger partial charge in [0.05, 0.1) is 5.92 Å². The van der Waals surface area contributed by atoms with E-state index in [0.29, 0.717) is 30.4 Å². The summed E-state index contributed by atoms with van der Waals surface area (Å²) < 4.78 is 30.0. The molecule has 2 atom stereocenters. The van der Waals surface area contributed by atoms with Gasteiger partial charge in [-0.3, -0.25) is 25.2 Å². The summed E-state index contributed by atoms with van der Waals surface area (Å²) in [5.41, 5.74) is 5.17. The van der Waals surface area contributed by atoms with E-state index in [4.69, 9.17) is 14.2 Å². The molecule has 0 radical (unpaired) electrons. The number of rotatable bonds is 5. The van der Waals surface area contributed by atoms with Crippen LogP contribution >= 0.6 is 0 Å². The van der Waals surface area contributed by atoms with Crippen molar-refractivity contribution in [2.75, 3.05) is 24.7 Å². The number of hydrogen-bond donors (Lipinski definition) is 2. The Balaban J connectivity index is 1.31. The Hall–Kier alpha value is -3.82. The van der Waals surface area contributed by atoms with Crippen LogP contribution in [0.1, 0.15) is 13.3 Å². The molecule has 0 aromatic heterocycles. The highest BCUT2D eigenvalue weighted by Crippen LogP contribution is 2.35. The average Bonchev–Trinajstić information content (AvgIpc) is 3.20. The smallest absolute Gasteiger partial charge is 0.279 e. The van der Waals surface area contributed by atoms with E-state index in [-0.39, 0.29) is 24.6 Å². The molecule has 1 fully saturated rings. The zero-order chi connectivity index (χ0) is 22.7. The first-order chi connectivity index (χ1) is 15.4. The third kappa shape index (κ3) is 4.58. The van der Waals surface area contributed by atoms with E-state index in [1.165, 1.54) is 30.0 Å². The fourth-order valence-electron chi connectivity index (χ4n) is 3.44. The van der Waals surface area contributed by atoms with Crippen molar-refractivity contribution >= 4 is 23.4 Å². The lowest BCUT2D eigenvalue weighted by Crippen LogP contribution is -2.49. The van der Waals surface area contributed by atoms with Crippen molar-refractivity contribution in [3.63, 3.8) is 0 Å². The third-order valence-corrected chi connectivity index (χ3v) is 5.15. The van der Waals surface area contributed by atoms with Gasteiger partial charge in [0.25, 0.3) is 5.91 Å². The highest BCUT2D eigenvalue weighted by atomic mass is 19.1. The quantitative estimate of drug-likeness (QED) is 0.680. The first-order valence-electron chi connectivity index (χ1n) is 10.1. The molecular formula is C22H22FN3O6. The van der Waals surface area contributed by atoms with Crippen LogP contribution in [0.3, 0.4) is 0 Å². The predicted molar refractivity (Wildman–Crippen MR) is 111 cm³/mol. The zero-order valence-electron chi connectivity index (χ0n) is 17.3. The largest absolute Gasteiger partial charge is 0.486 e.